The zero-order chi connectivity index (χ0) is 21.3. The molecule has 0 saturated heterocycles. The van der Waals surface area contributed by atoms with Crippen LogP contribution in [0.3, 0.4) is 0 Å². The van der Waals surface area contributed by atoms with Crippen LogP contribution in [0, 0.1) is 10.1 Å². The summed E-state index contributed by atoms with van der Waals surface area (Å²) in [4.78, 5) is 19.8. The predicted octanol–water partition coefficient (Wildman–Crippen LogP) is 1.93. The number of nitro benzene ring substituents is 1. The van der Waals surface area contributed by atoms with Crippen LogP contribution in [-0.4, -0.2) is 58.4 Å². The minimum absolute atomic E-state index is 0. The van der Waals surface area contributed by atoms with Gasteiger partial charge in [-0.25, -0.2) is 9.67 Å². The molecule has 31 heavy (non-hydrogen) atoms. The third-order valence-electron chi connectivity index (χ3n) is 4.66. The van der Waals surface area contributed by atoms with E-state index in [0.717, 1.165) is 25.2 Å². The second-order valence-corrected chi connectivity index (χ2v) is 6.90. The number of hydrogen-bond donors (Lipinski definition) is 3. The summed E-state index contributed by atoms with van der Waals surface area (Å²) in [6, 6.07) is 6.79. The molecule has 12 heteroatoms. The van der Waals surface area contributed by atoms with Crippen LogP contribution in [-0.2, 0) is 24.3 Å². The van der Waals surface area contributed by atoms with Gasteiger partial charge in [-0.3, -0.25) is 15.1 Å². The van der Waals surface area contributed by atoms with Crippen molar-refractivity contribution < 1.29 is 9.66 Å². The molecule has 0 fully saturated rings. The first-order chi connectivity index (χ1) is 14.6. The number of para-hydroxylation sites is 2. The molecular formula is C19H29IN8O3. The van der Waals surface area contributed by atoms with Crippen molar-refractivity contribution >= 4 is 41.3 Å². The van der Waals surface area contributed by atoms with E-state index in [4.69, 9.17) is 4.74 Å². The Labute approximate surface area is 198 Å². The number of guanidine groups is 1. The molecule has 170 valence electrons. The molecule has 1 atom stereocenters. The molecule has 3 rings (SSSR count). The number of aliphatic imine (C=N–C) groups is 1. The lowest BCUT2D eigenvalue weighted by Gasteiger charge is -2.25. The van der Waals surface area contributed by atoms with Crippen molar-refractivity contribution in [2.24, 2.45) is 4.99 Å². The molecule has 2 aromatic rings. The van der Waals surface area contributed by atoms with E-state index in [2.05, 4.69) is 31.0 Å². The first-order valence-corrected chi connectivity index (χ1v) is 10.0. The molecule has 0 spiro atoms. The number of nitrogens with one attached hydrogen (secondary N) is 3. The van der Waals surface area contributed by atoms with Crippen LogP contribution in [0.2, 0.25) is 0 Å². The Balaban J connectivity index is 0.00000341. The highest BCUT2D eigenvalue weighted by atomic mass is 127. The Hall–Kier alpha value is -2.48. The number of aromatic nitrogens is 3. The van der Waals surface area contributed by atoms with Crippen LogP contribution in [0.5, 0.6) is 0 Å². The van der Waals surface area contributed by atoms with Crippen molar-refractivity contribution in [2.75, 3.05) is 32.1 Å². The molecule has 3 N–H and O–H groups in total. The summed E-state index contributed by atoms with van der Waals surface area (Å²) in [5.74, 6) is 2.40. The van der Waals surface area contributed by atoms with Crippen LogP contribution < -0.4 is 16.0 Å². The van der Waals surface area contributed by atoms with Crippen LogP contribution in [0.25, 0.3) is 0 Å². The Kier molecular flexibility index (Phi) is 9.91. The van der Waals surface area contributed by atoms with Gasteiger partial charge in [0, 0.05) is 38.7 Å². The van der Waals surface area contributed by atoms with E-state index in [0.29, 0.717) is 43.7 Å². The number of ether oxygens (including phenoxy) is 1. The number of aryl methyl sites for hydroxylation is 1. The number of anilines is 1. The van der Waals surface area contributed by atoms with E-state index in [9.17, 15) is 10.1 Å². The first kappa shape index (κ1) is 24.8. The number of nitrogens with zero attached hydrogens (tertiary/aromatic N) is 5. The van der Waals surface area contributed by atoms with Gasteiger partial charge in [0.15, 0.2) is 11.8 Å². The van der Waals surface area contributed by atoms with E-state index >= 15 is 0 Å². The summed E-state index contributed by atoms with van der Waals surface area (Å²) >= 11 is 0. The number of halogens is 1. The van der Waals surface area contributed by atoms with Crippen molar-refractivity contribution in [1.82, 2.24) is 25.4 Å². The predicted molar refractivity (Wildman–Crippen MR) is 129 cm³/mol. The monoisotopic (exact) mass is 544 g/mol. The lowest BCUT2D eigenvalue weighted by Crippen LogP contribution is -2.47. The van der Waals surface area contributed by atoms with Gasteiger partial charge in [0.25, 0.3) is 5.69 Å². The van der Waals surface area contributed by atoms with Crippen LogP contribution in [0.4, 0.5) is 11.4 Å². The van der Waals surface area contributed by atoms with E-state index < -0.39 is 4.92 Å². The Bertz CT molecular complexity index is 889. The van der Waals surface area contributed by atoms with Crippen molar-refractivity contribution in [3.63, 3.8) is 0 Å². The van der Waals surface area contributed by atoms with Crippen molar-refractivity contribution in [2.45, 2.75) is 39.0 Å². The molecule has 2 heterocycles. The zero-order valence-electron chi connectivity index (χ0n) is 17.7. The van der Waals surface area contributed by atoms with Crippen molar-refractivity contribution in [1.29, 1.82) is 0 Å². The molecule has 11 nitrogen and oxygen atoms in total. The largest absolute Gasteiger partial charge is 0.378 e. The zero-order valence-corrected chi connectivity index (χ0v) is 20.0. The molecule has 1 aromatic carbocycles. The van der Waals surface area contributed by atoms with Gasteiger partial charge in [-0.2, -0.15) is 5.10 Å². The number of hydrogen-bond acceptors (Lipinski definition) is 7. The molecule has 1 aliphatic heterocycles. The fraction of sp³-hybridized carbons (Fsp3) is 0.526. The normalized spacial score (nSPS) is 15.5. The van der Waals surface area contributed by atoms with Gasteiger partial charge in [0.05, 0.1) is 18.0 Å². The second-order valence-electron chi connectivity index (χ2n) is 6.90. The Morgan fingerprint density at radius 2 is 2.23 bits per heavy atom. The molecule has 0 aliphatic carbocycles. The highest BCUT2D eigenvalue weighted by Gasteiger charge is 2.22. The number of rotatable bonds is 9. The average molecular weight is 544 g/mol. The van der Waals surface area contributed by atoms with Gasteiger partial charge in [-0.15, -0.1) is 24.0 Å². The molecule has 0 saturated carbocycles. The summed E-state index contributed by atoms with van der Waals surface area (Å²) in [5.41, 5.74) is 0.554. The molecule has 0 amide bonds. The maximum atomic E-state index is 11.1. The van der Waals surface area contributed by atoms with Crippen LogP contribution >= 0.6 is 24.0 Å². The maximum absolute atomic E-state index is 11.1. The third-order valence-corrected chi connectivity index (χ3v) is 4.66. The summed E-state index contributed by atoms with van der Waals surface area (Å²) in [5, 5.41) is 25.4. The molecule has 1 unspecified atom stereocenters. The van der Waals surface area contributed by atoms with E-state index in [-0.39, 0.29) is 35.7 Å². The van der Waals surface area contributed by atoms with Crippen molar-refractivity contribution in [3.8, 4) is 0 Å². The SMILES string of the molecule is CCNC(=NCCNc1ccccc1[N+](=O)[O-])NC1CCc2nc(COC)nn2C1.I. The fourth-order valence-electron chi connectivity index (χ4n) is 3.32. The molecular weight excluding hydrogens is 515 g/mol. The maximum Gasteiger partial charge on any atom is 0.292 e. The van der Waals surface area contributed by atoms with Gasteiger partial charge >= 0.3 is 0 Å². The van der Waals surface area contributed by atoms with Gasteiger partial charge in [0.2, 0.25) is 0 Å². The number of benzene rings is 1. The Morgan fingerprint density at radius 1 is 1.42 bits per heavy atom. The highest BCUT2D eigenvalue weighted by molar-refractivity contribution is 14.0. The standard InChI is InChI=1S/C19H28N8O3.HI/c1-3-20-19(22-11-10-21-15-6-4-5-7-16(15)27(28)29)23-14-8-9-18-24-17(13-30-2)25-26(18)12-14;/h4-7,14,21H,3,8-13H2,1-2H3,(H2,20,22,23);1H. The van der Waals surface area contributed by atoms with E-state index in [1.165, 1.54) is 6.07 Å². The minimum Gasteiger partial charge on any atom is -0.378 e. The fourth-order valence-corrected chi connectivity index (χ4v) is 3.32. The van der Waals surface area contributed by atoms with Gasteiger partial charge in [0.1, 0.15) is 18.1 Å². The average Bonchev–Trinajstić information content (AvgIpc) is 3.13. The lowest BCUT2D eigenvalue weighted by molar-refractivity contribution is -0.384. The molecule has 1 aliphatic rings. The minimum atomic E-state index is -0.392. The summed E-state index contributed by atoms with van der Waals surface area (Å²) in [6.45, 7) is 4.83. The summed E-state index contributed by atoms with van der Waals surface area (Å²) < 4.78 is 7.04. The van der Waals surface area contributed by atoms with Gasteiger partial charge in [-0.1, -0.05) is 12.1 Å². The summed E-state index contributed by atoms with van der Waals surface area (Å²) in [6.07, 6.45) is 1.77. The van der Waals surface area contributed by atoms with Crippen LogP contribution in [0.1, 0.15) is 25.0 Å². The lowest BCUT2D eigenvalue weighted by atomic mass is 10.1. The van der Waals surface area contributed by atoms with Gasteiger partial charge in [-0.05, 0) is 19.4 Å². The summed E-state index contributed by atoms with van der Waals surface area (Å²) in [7, 11) is 1.63. The van der Waals surface area contributed by atoms with Gasteiger partial charge < -0.3 is 20.7 Å². The second kappa shape index (κ2) is 12.4. The number of fused-ring (bicyclic) bond motifs is 1. The topological polar surface area (TPSA) is 132 Å². The van der Waals surface area contributed by atoms with E-state index in [1.54, 1.807) is 25.3 Å². The van der Waals surface area contributed by atoms with Crippen LogP contribution in [0.15, 0.2) is 29.3 Å². The molecule has 0 bridgehead atoms. The smallest absolute Gasteiger partial charge is 0.292 e. The quantitative estimate of drug-likeness (QED) is 0.109. The van der Waals surface area contributed by atoms with E-state index in [1.807, 2.05) is 11.6 Å². The number of methoxy groups -OCH3 is 1. The first-order valence-electron chi connectivity index (χ1n) is 10.0. The highest BCUT2D eigenvalue weighted by Crippen LogP contribution is 2.22. The number of nitro groups is 1. The van der Waals surface area contributed by atoms with Crippen molar-refractivity contribution in [3.05, 3.63) is 46.0 Å². The molecule has 1 aromatic heterocycles. The Morgan fingerprint density at radius 3 is 2.97 bits per heavy atom. The molecule has 0 radical (unpaired) electrons. The third kappa shape index (κ3) is 7.02.